The van der Waals surface area contributed by atoms with Gasteiger partial charge in [0.15, 0.2) is 0 Å². The second-order valence-corrected chi connectivity index (χ2v) is 5.98. The van der Waals surface area contributed by atoms with Crippen LogP contribution in [0.4, 0.5) is 4.79 Å². The third-order valence-electron chi connectivity index (χ3n) is 3.39. The van der Waals surface area contributed by atoms with Gasteiger partial charge in [0, 0.05) is 25.2 Å². The number of amides is 2. The van der Waals surface area contributed by atoms with Crippen molar-refractivity contribution in [1.29, 1.82) is 0 Å². The van der Waals surface area contributed by atoms with Gasteiger partial charge in [-0.25, -0.2) is 4.79 Å². The fourth-order valence-corrected chi connectivity index (χ4v) is 2.29. The molecule has 1 heterocycles. The molecule has 1 aliphatic heterocycles. The lowest BCUT2D eigenvalue weighted by Crippen LogP contribution is -2.54. The third kappa shape index (κ3) is 3.98. The molecule has 5 nitrogen and oxygen atoms in total. The lowest BCUT2D eigenvalue weighted by molar-refractivity contribution is -0.143. The second-order valence-electron chi connectivity index (χ2n) is 5.98. The molecule has 108 valence electrons. The summed E-state index contributed by atoms with van der Waals surface area (Å²) < 4.78 is 0. The second kappa shape index (κ2) is 6.08. The van der Waals surface area contributed by atoms with E-state index in [0.717, 1.165) is 6.42 Å². The molecular weight excluding hydrogens is 244 g/mol. The molecule has 5 heteroatoms. The number of carbonyl (C=O) groups excluding carboxylic acids is 1. The van der Waals surface area contributed by atoms with Crippen LogP contribution in [0.5, 0.6) is 0 Å². The molecule has 0 bridgehead atoms. The van der Waals surface area contributed by atoms with Crippen molar-refractivity contribution in [2.24, 2.45) is 5.92 Å². The van der Waals surface area contributed by atoms with Gasteiger partial charge in [0.2, 0.25) is 0 Å². The van der Waals surface area contributed by atoms with Crippen LogP contribution in [-0.4, -0.2) is 52.1 Å². The Balaban J connectivity index is 2.79. The standard InChI is InChI=1S/C14H24N2O3/c1-5-8-16(14(2,3)4)13(19)15-9-6-7-11(10-15)12(17)18/h5,11H,1,6-10H2,2-4H3,(H,17,18)/t11-/m0/s1. The Kier molecular flexibility index (Phi) is 4.97. The van der Waals surface area contributed by atoms with Gasteiger partial charge in [-0.15, -0.1) is 6.58 Å². The molecule has 0 aromatic carbocycles. The zero-order valence-electron chi connectivity index (χ0n) is 12.1. The number of aliphatic carboxylic acids is 1. The monoisotopic (exact) mass is 268 g/mol. The molecule has 0 radical (unpaired) electrons. The van der Waals surface area contributed by atoms with Crippen molar-refractivity contribution in [2.75, 3.05) is 19.6 Å². The normalized spacial score (nSPS) is 19.9. The first-order valence-electron chi connectivity index (χ1n) is 6.67. The Morgan fingerprint density at radius 1 is 1.47 bits per heavy atom. The van der Waals surface area contributed by atoms with Crippen molar-refractivity contribution < 1.29 is 14.7 Å². The molecule has 1 atom stereocenters. The number of carbonyl (C=O) groups is 2. The number of likely N-dealkylation sites (tertiary alicyclic amines) is 1. The first-order valence-corrected chi connectivity index (χ1v) is 6.67. The van der Waals surface area contributed by atoms with Crippen molar-refractivity contribution in [3.8, 4) is 0 Å². The predicted octanol–water partition coefficient (Wildman–Crippen LogP) is 2.19. The van der Waals surface area contributed by atoms with Crippen LogP contribution in [0, 0.1) is 5.92 Å². The molecule has 0 spiro atoms. The summed E-state index contributed by atoms with van der Waals surface area (Å²) >= 11 is 0. The minimum Gasteiger partial charge on any atom is -0.481 e. The van der Waals surface area contributed by atoms with Gasteiger partial charge in [-0.2, -0.15) is 0 Å². The summed E-state index contributed by atoms with van der Waals surface area (Å²) in [5.41, 5.74) is -0.304. The van der Waals surface area contributed by atoms with Crippen molar-refractivity contribution in [2.45, 2.75) is 39.2 Å². The van der Waals surface area contributed by atoms with E-state index in [9.17, 15) is 9.59 Å². The van der Waals surface area contributed by atoms with E-state index in [-0.39, 0.29) is 11.6 Å². The summed E-state index contributed by atoms with van der Waals surface area (Å²) in [6.45, 7) is 11.0. The van der Waals surface area contributed by atoms with Crippen molar-refractivity contribution >= 4 is 12.0 Å². The van der Waals surface area contributed by atoms with Crippen LogP contribution in [-0.2, 0) is 4.79 Å². The highest BCUT2D eigenvalue weighted by Crippen LogP contribution is 2.21. The SMILES string of the molecule is C=CCN(C(=O)N1CCC[C@H](C(=O)O)C1)C(C)(C)C. The number of hydrogen-bond acceptors (Lipinski definition) is 2. The summed E-state index contributed by atoms with van der Waals surface area (Å²) in [6.07, 6.45) is 3.09. The van der Waals surface area contributed by atoms with E-state index < -0.39 is 11.9 Å². The molecule has 19 heavy (non-hydrogen) atoms. The van der Waals surface area contributed by atoms with E-state index in [0.29, 0.717) is 26.1 Å². The molecule has 1 fully saturated rings. The fourth-order valence-electron chi connectivity index (χ4n) is 2.29. The van der Waals surface area contributed by atoms with Crippen LogP contribution in [0.1, 0.15) is 33.6 Å². The number of carboxylic acid groups (broad SMARTS) is 1. The summed E-state index contributed by atoms with van der Waals surface area (Å²) in [6, 6.07) is -0.0987. The summed E-state index contributed by atoms with van der Waals surface area (Å²) in [5.74, 6) is -1.26. The molecule has 0 aromatic rings. The predicted molar refractivity (Wildman–Crippen MR) is 74.0 cm³/mol. The van der Waals surface area contributed by atoms with Gasteiger partial charge in [0.05, 0.1) is 5.92 Å². The Morgan fingerprint density at radius 2 is 2.11 bits per heavy atom. The smallest absolute Gasteiger partial charge is 0.320 e. The van der Waals surface area contributed by atoms with E-state index in [1.165, 1.54) is 0 Å². The van der Waals surface area contributed by atoms with Crippen LogP contribution in [0.3, 0.4) is 0 Å². The van der Waals surface area contributed by atoms with Crippen LogP contribution < -0.4 is 0 Å². The molecule has 1 N–H and O–H groups in total. The van der Waals surface area contributed by atoms with Gasteiger partial charge >= 0.3 is 12.0 Å². The molecule has 0 aromatic heterocycles. The molecule has 0 saturated carbocycles. The molecule has 1 rings (SSSR count). The highest BCUT2D eigenvalue weighted by Gasteiger charge is 2.33. The average Bonchev–Trinajstić information content (AvgIpc) is 2.34. The minimum absolute atomic E-state index is 0.0987. The maximum absolute atomic E-state index is 12.5. The fraction of sp³-hybridized carbons (Fsp3) is 0.714. The zero-order chi connectivity index (χ0) is 14.6. The molecule has 0 aliphatic carbocycles. The van der Waals surface area contributed by atoms with Gasteiger partial charge in [-0.1, -0.05) is 6.08 Å². The Labute approximate surface area is 114 Å². The van der Waals surface area contributed by atoms with E-state index in [2.05, 4.69) is 6.58 Å². The first kappa shape index (κ1) is 15.5. The quantitative estimate of drug-likeness (QED) is 0.798. The third-order valence-corrected chi connectivity index (χ3v) is 3.39. The van der Waals surface area contributed by atoms with Gasteiger partial charge in [-0.3, -0.25) is 4.79 Å². The highest BCUT2D eigenvalue weighted by molar-refractivity contribution is 5.77. The molecule has 1 saturated heterocycles. The summed E-state index contributed by atoms with van der Waals surface area (Å²) in [4.78, 5) is 26.9. The van der Waals surface area contributed by atoms with Crippen molar-refractivity contribution in [3.05, 3.63) is 12.7 Å². The molecule has 0 unspecified atom stereocenters. The Morgan fingerprint density at radius 3 is 2.58 bits per heavy atom. The Bertz CT molecular complexity index is 360. The van der Waals surface area contributed by atoms with E-state index in [1.807, 2.05) is 20.8 Å². The van der Waals surface area contributed by atoms with E-state index in [4.69, 9.17) is 5.11 Å². The van der Waals surface area contributed by atoms with Gasteiger partial charge in [0.1, 0.15) is 0 Å². The van der Waals surface area contributed by atoms with E-state index >= 15 is 0 Å². The maximum Gasteiger partial charge on any atom is 0.320 e. The van der Waals surface area contributed by atoms with Crippen LogP contribution in [0.15, 0.2) is 12.7 Å². The summed E-state index contributed by atoms with van der Waals surface area (Å²) in [7, 11) is 0. The average molecular weight is 268 g/mol. The van der Waals surface area contributed by atoms with Crippen LogP contribution in [0.25, 0.3) is 0 Å². The lowest BCUT2D eigenvalue weighted by atomic mass is 9.98. The van der Waals surface area contributed by atoms with Crippen molar-refractivity contribution in [1.82, 2.24) is 9.80 Å². The van der Waals surface area contributed by atoms with Gasteiger partial charge in [0.25, 0.3) is 0 Å². The molecular formula is C14H24N2O3. The van der Waals surface area contributed by atoms with E-state index in [1.54, 1.807) is 15.9 Å². The zero-order valence-corrected chi connectivity index (χ0v) is 12.1. The number of rotatable bonds is 3. The minimum atomic E-state index is -0.816. The van der Waals surface area contributed by atoms with Gasteiger partial charge in [-0.05, 0) is 33.6 Å². The highest BCUT2D eigenvalue weighted by atomic mass is 16.4. The number of hydrogen-bond donors (Lipinski definition) is 1. The number of urea groups is 1. The van der Waals surface area contributed by atoms with Gasteiger partial charge < -0.3 is 14.9 Å². The topological polar surface area (TPSA) is 60.9 Å². The van der Waals surface area contributed by atoms with Crippen LogP contribution >= 0.6 is 0 Å². The molecule has 1 aliphatic rings. The first-order chi connectivity index (χ1) is 8.77. The molecule has 2 amide bonds. The largest absolute Gasteiger partial charge is 0.481 e. The Hall–Kier alpha value is -1.52. The number of nitrogens with zero attached hydrogens (tertiary/aromatic N) is 2. The number of piperidine rings is 1. The van der Waals surface area contributed by atoms with Crippen molar-refractivity contribution in [3.63, 3.8) is 0 Å². The lowest BCUT2D eigenvalue weighted by Gasteiger charge is -2.41. The maximum atomic E-state index is 12.5. The number of carboxylic acids is 1. The van der Waals surface area contributed by atoms with Crippen LogP contribution in [0.2, 0.25) is 0 Å². The summed E-state index contributed by atoms with van der Waals surface area (Å²) in [5, 5.41) is 9.07.